The van der Waals surface area contributed by atoms with Crippen molar-refractivity contribution < 1.29 is 18.7 Å². The van der Waals surface area contributed by atoms with Crippen molar-refractivity contribution in [2.45, 2.75) is 44.3 Å². The summed E-state index contributed by atoms with van der Waals surface area (Å²) in [6.45, 7) is 0.0534. The van der Waals surface area contributed by atoms with E-state index in [1.807, 2.05) is 0 Å². The molecule has 2 aliphatic carbocycles. The molecule has 0 radical (unpaired) electrons. The highest BCUT2D eigenvalue weighted by molar-refractivity contribution is 5.93. The number of nitrogens with one attached hydrogen (secondary N) is 1. The first kappa shape index (κ1) is 15.3. The Kier molecular flexibility index (Phi) is 3.42. The van der Waals surface area contributed by atoms with E-state index in [-0.39, 0.29) is 29.1 Å². The van der Waals surface area contributed by atoms with Crippen LogP contribution in [0.4, 0.5) is 8.78 Å². The number of hydrogen-bond acceptors (Lipinski definition) is 3. The molecule has 0 saturated heterocycles. The highest BCUT2D eigenvalue weighted by Crippen LogP contribution is 2.38. The van der Waals surface area contributed by atoms with Crippen LogP contribution in [-0.4, -0.2) is 21.7 Å². The van der Waals surface area contributed by atoms with E-state index >= 15 is 0 Å². The lowest BCUT2D eigenvalue weighted by Gasteiger charge is -2.15. The Morgan fingerprint density at radius 2 is 2.00 bits per heavy atom. The number of aromatic nitrogens is 1. The second-order valence-electron chi connectivity index (χ2n) is 6.52. The molecule has 4 rings (SSSR count). The molecule has 2 saturated carbocycles. The maximum Gasteiger partial charge on any atom is 0.341 e. The fourth-order valence-electron chi connectivity index (χ4n) is 2.97. The van der Waals surface area contributed by atoms with Gasteiger partial charge in [-0.3, -0.25) is 4.79 Å². The zero-order valence-electron chi connectivity index (χ0n) is 12.8. The summed E-state index contributed by atoms with van der Waals surface area (Å²) in [7, 11) is 0. The van der Waals surface area contributed by atoms with Crippen molar-refractivity contribution in [1.82, 2.24) is 9.88 Å². The number of carbonyl (C=O) groups is 1. The lowest BCUT2D eigenvalue weighted by Crippen LogP contribution is -2.22. The molecule has 126 valence electrons. The zero-order valence-corrected chi connectivity index (χ0v) is 12.8. The predicted molar refractivity (Wildman–Crippen MR) is 83.2 cm³/mol. The minimum atomic E-state index is -1.39. The Balaban J connectivity index is 1.95. The van der Waals surface area contributed by atoms with Crippen molar-refractivity contribution in [1.29, 1.82) is 0 Å². The van der Waals surface area contributed by atoms with Crippen molar-refractivity contribution in [3.8, 4) is 0 Å². The van der Waals surface area contributed by atoms with Crippen molar-refractivity contribution in [2.75, 3.05) is 0 Å². The molecule has 0 spiro atoms. The van der Waals surface area contributed by atoms with Crippen LogP contribution < -0.4 is 10.7 Å². The van der Waals surface area contributed by atoms with E-state index in [0.29, 0.717) is 6.04 Å². The number of hydrogen-bond donors (Lipinski definition) is 2. The van der Waals surface area contributed by atoms with E-state index in [0.717, 1.165) is 31.7 Å². The number of nitrogens with zero attached hydrogens (tertiary/aromatic N) is 1. The lowest BCUT2D eigenvalue weighted by molar-refractivity contribution is 0.0695. The van der Waals surface area contributed by atoms with Gasteiger partial charge in [0, 0.05) is 30.4 Å². The average Bonchev–Trinajstić information content (AvgIpc) is 3.41. The molecule has 0 atom stereocenters. The van der Waals surface area contributed by atoms with Crippen molar-refractivity contribution >= 4 is 16.9 Å². The van der Waals surface area contributed by atoms with Crippen LogP contribution in [-0.2, 0) is 6.54 Å². The largest absolute Gasteiger partial charge is 0.477 e. The second kappa shape index (κ2) is 5.37. The minimum absolute atomic E-state index is 0.00139. The van der Waals surface area contributed by atoms with Gasteiger partial charge in [0.15, 0.2) is 5.82 Å². The van der Waals surface area contributed by atoms with Crippen LogP contribution in [0.5, 0.6) is 0 Å². The summed E-state index contributed by atoms with van der Waals surface area (Å²) in [5.41, 5.74) is -1.42. The number of carboxylic acid groups (broad SMARTS) is 1. The molecule has 5 nitrogen and oxygen atoms in total. The Morgan fingerprint density at radius 1 is 1.29 bits per heavy atom. The Morgan fingerprint density at radius 3 is 2.58 bits per heavy atom. The number of aromatic carboxylic acids is 1. The van der Waals surface area contributed by atoms with E-state index in [4.69, 9.17) is 0 Å². The molecular weight excluding hydrogens is 318 g/mol. The predicted octanol–water partition coefficient (Wildman–Crippen LogP) is 2.56. The summed E-state index contributed by atoms with van der Waals surface area (Å²) in [5.74, 6) is -2.99. The molecular formula is C17H16F2N2O3. The van der Waals surface area contributed by atoms with Gasteiger partial charge in [-0.25, -0.2) is 13.6 Å². The first-order chi connectivity index (χ1) is 11.5. The van der Waals surface area contributed by atoms with Gasteiger partial charge in [-0.2, -0.15) is 0 Å². The topological polar surface area (TPSA) is 71.3 Å². The average molecular weight is 334 g/mol. The smallest absolute Gasteiger partial charge is 0.341 e. The molecule has 0 unspecified atom stereocenters. The van der Waals surface area contributed by atoms with Gasteiger partial charge in [0.05, 0.1) is 10.9 Å². The van der Waals surface area contributed by atoms with Crippen LogP contribution in [0, 0.1) is 11.6 Å². The fraction of sp³-hybridized carbons (Fsp3) is 0.412. The minimum Gasteiger partial charge on any atom is -0.477 e. The summed E-state index contributed by atoms with van der Waals surface area (Å²) in [6.07, 6.45) is 4.73. The van der Waals surface area contributed by atoms with Crippen LogP contribution in [0.1, 0.15) is 47.6 Å². The summed E-state index contributed by atoms with van der Waals surface area (Å²) < 4.78 is 30.8. The Hall–Kier alpha value is -2.28. The van der Waals surface area contributed by atoms with Crippen molar-refractivity contribution in [2.24, 2.45) is 0 Å². The first-order valence-electron chi connectivity index (χ1n) is 7.99. The molecule has 7 heteroatoms. The van der Waals surface area contributed by atoms with E-state index < -0.39 is 28.6 Å². The van der Waals surface area contributed by atoms with Crippen LogP contribution >= 0.6 is 0 Å². The van der Waals surface area contributed by atoms with Crippen LogP contribution in [0.15, 0.2) is 17.1 Å². The Labute approximate surface area is 135 Å². The maximum atomic E-state index is 15.0. The molecule has 0 aliphatic heterocycles. The molecule has 2 fully saturated rings. The van der Waals surface area contributed by atoms with Gasteiger partial charge < -0.3 is 15.0 Å². The molecule has 1 aromatic heterocycles. The summed E-state index contributed by atoms with van der Waals surface area (Å²) >= 11 is 0. The lowest BCUT2D eigenvalue weighted by atomic mass is 10.1. The number of halogens is 2. The quantitative estimate of drug-likeness (QED) is 0.882. The second-order valence-corrected chi connectivity index (χ2v) is 6.52. The van der Waals surface area contributed by atoms with E-state index in [1.165, 1.54) is 10.8 Å². The number of pyridine rings is 1. The summed E-state index contributed by atoms with van der Waals surface area (Å²) in [4.78, 5) is 23.6. The molecule has 24 heavy (non-hydrogen) atoms. The molecule has 1 aromatic carbocycles. The van der Waals surface area contributed by atoms with Gasteiger partial charge in [-0.15, -0.1) is 0 Å². The normalized spacial score (nSPS) is 17.4. The fourth-order valence-corrected chi connectivity index (χ4v) is 2.97. The molecule has 2 N–H and O–H groups in total. The van der Waals surface area contributed by atoms with Gasteiger partial charge in [-0.05, 0) is 31.7 Å². The van der Waals surface area contributed by atoms with E-state index in [9.17, 15) is 23.5 Å². The van der Waals surface area contributed by atoms with Crippen LogP contribution in [0.2, 0.25) is 0 Å². The van der Waals surface area contributed by atoms with Gasteiger partial charge >= 0.3 is 5.97 Å². The van der Waals surface area contributed by atoms with Crippen LogP contribution in [0.3, 0.4) is 0 Å². The van der Waals surface area contributed by atoms with Crippen LogP contribution in [0.25, 0.3) is 10.9 Å². The number of carboxylic acids is 1. The van der Waals surface area contributed by atoms with E-state index in [1.54, 1.807) is 0 Å². The molecule has 2 aromatic rings. The van der Waals surface area contributed by atoms with Crippen molar-refractivity contribution in [3.63, 3.8) is 0 Å². The molecule has 0 amide bonds. The molecule has 1 heterocycles. The standard InChI is InChI=1S/C17H16F2N2O3/c18-13-5-10-15(14(19)11(13)6-20-8-1-2-8)21(9-3-4-9)7-12(16(10)22)17(23)24/h5,7-9,20H,1-4,6H2,(H,23,24). The van der Waals surface area contributed by atoms with Gasteiger partial charge in [0.25, 0.3) is 0 Å². The third kappa shape index (κ3) is 2.49. The van der Waals surface area contributed by atoms with Gasteiger partial charge in [-0.1, -0.05) is 0 Å². The highest BCUT2D eigenvalue weighted by Gasteiger charge is 2.30. The third-order valence-corrected chi connectivity index (χ3v) is 4.62. The molecule has 2 aliphatic rings. The number of benzene rings is 1. The van der Waals surface area contributed by atoms with Gasteiger partial charge in [0.1, 0.15) is 11.4 Å². The summed E-state index contributed by atoms with van der Waals surface area (Å²) in [6, 6.07) is 1.21. The SMILES string of the molecule is O=C(O)c1cn(C2CC2)c2c(F)c(CNC3CC3)c(F)cc2c1=O. The van der Waals surface area contributed by atoms with E-state index in [2.05, 4.69) is 5.32 Å². The third-order valence-electron chi connectivity index (χ3n) is 4.62. The first-order valence-corrected chi connectivity index (χ1v) is 7.99. The summed E-state index contributed by atoms with van der Waals surface area (Å²) in [5, 5.41) is 12.0. The molecule has 0 bridgehead atoms. The maximum absolute atomic E-state index is 15.0. The van der Waals surface area contributed by atoms with Crippen molar-refractivity contribution in [3.05, 3.63) is 45.2 Å². The number of fused-ring (bicyclic) bond motifs is 1. The Bertz CT molecular complexity index is 914. The van der Waals surface area contributed by atoms with Gasteiger partial charge in [0.2, 0.25) is 5.43 Å². The monoisotopic (exact) mass is 334 g/mol. The zero-order chi connectivity index (χ0) is 17.0. The number of rotatable bonds is 5. The highest BCUT2D eigenvalue weighted by atomic mass is 19.1.